The maximum atomic E-state index is 11.3. The first-order chi connectivity index (χ1) is 11.6. The summed E-state index contributed by atoms with van der Waals surface area (Å²) >= 11 is 0. The summed E-state index contributed by atoms with van der Waals surface area (Å²) in [5, 5.41) is 27.8. The maximum Gasteiger partial charge on any atom is 0.320 e. The van der Waals surface area contributed by atoms with E-state index in [0.717, 1.165) is 0 Å². The largest absolute Gasteiger partial charge is 0.480 e. The van der Waals surface area contributed by atoms with Crippen molar-refractivity contribution in [1.29, 1.82) is 0 Å². The summed E-state index contributed by atoms with van der Waals surface area (Å²) in [6.45, 7) is 7.59. The maximum absolute atomic E-state index is 11.3. The molecule has 0 amide bonds. The van der Waals surface area contributed by atoms with E-state index in [1.165, 1.54) is 0 Å². The predicted octanol–water partition coefficient (Wildman–Crippen LogP) is -0.285. The Morgan fingerprint density at radius 3 is 1.08 bits per heavy atom. The molecule has 25 heavy (non-hydrogen) atoms. The highest BCUT2D eigenvalue weighted by molar-refractivity contribution is 5.73. The van der Waals surface area contributed by atoms with Crippen LogP contribution in [0.2, 0.25) is 0 Å². The van der Waals surface area contributed by atoms with Gasteiger partial charge in [0.1, 0.15) is 18.1 Å². The number of nitrogens with zero attached hydrogens (tertiary/aromatic N) is 3. The molecule has 1 fully saturated rings. The molecule has 0 aliphatic carbocycles. The minimum atomic E-state index is -0.951. The highest BCUT2D eigenvalue weighted by Gasteiger charge is 2.28. The molecule has 3 N–H and O–H groups in total. The average Bonchev–Trinajstić information content (AvgIpc) is 2.56. The van der Waals surface area contributed by atoms with Crippen LogP contribution in [0.25, 0.3) is 0 Å². The molecule has 1 heterocycles. The molecular formula is C16H29N3O6. The first-order valence-electron chi connectivity index (χ1n) is 8.55. The standard InChI is InChI=1S/C16H29N3O6/c1-11(14(20)21)17-5-4-6-18(12(2)15(22)23)8-10-19(9-7-17)13(3)16(24)25/h11-13H,4-10H2,1-3H3,(H,20,21)(H,22,23)(H,24,25). The van der Waals surface area contributed by atoms with Gasteiger partial charge in [0, 0.05) is 39.3 Å². The van der Waals surface area contributed by atoms with Gasteiger partial charge in [0.05, 0.1) is 0 Å². The van der Waals surface area contributed by atoms with Crippen molar-refractivity contribution in [1.82, 2.24) is 14.7 Å². The van der Waals surface area contributed by atoms with Crippen molar-refractivity contribution in [3.05, 3.63) is 0 Å². The van der Waals surface area contributed by atoms with Crippen LogP contribution in [0, 0.1) is 0 Å². The number of rotatable bonds is 6. The van der Waals surface area contributed by atoms with Crippen molar-refractivity contribution in [2.24, 2.45) is 0 Å². The molecule has 9 heteroatoms. The number of carboxylic acid groups (broad SMARTS) is 3. The number of carboxylic acids is 3. The molecule has 144 valence electrons. The van der Waals surface area contributed by atoms with Gasteiger partial charge in [-0.1, -0.05) is 0 Å². The summed E-state index contributed by atoms with van der Waals surface area (Å²) < 4.78 is 0. The minimum Gasteiger partial charge on any atom is -0.480 e. The van der Waals surface area contributed by atoms with E-state index >= 15 is 0 Å². The van der Waals surface area contributed by atoms with Crippen LogP contribution in [0.4, 0.5) is 0 Å². The molecular weight excluding hydrogens is 330 g/mol. The van der Waals surface area contributed by atoms with E-state index in [2.05, 4.69) is 0 Å². The van der Waals surface area contributed by atoms with Crippen molar-refractivity contribution in [2.75, 3.05) is 39.3 Å². The Morgan fingerprint density at radius 2 is 0.840 bits per heavy atom. The fraction of sp³-hybridized carbons (Fsp3) is 0.812. The van der Waals surface area contributed by atoms with Crippen LogP contribution in [0.5, 0.6) is 0 Å². The summed E-state index contributed by atoms with van der Waals surface area (Å²) in [5.74, 6) is -2.80. The lowest BCUT2D eigenvalue weighted by atomic mass is 10.2. The Morgan fingerprint density at radius 1 is 0.600 bits per heavy atom. The molecule has 1 rings (SSSR count). The molecule has 0 saturated carbocycles. The van der Waals surface area contributed by atoms with E-state index in [9.17, 15) is 29.7 Å². The summed E-state index contributed by atoms with van der Waals surface area (Å²) in [4.78, 5) is 39.3. The monoisotopic (exact) mass is 359 g/mol. The van der Waals surface area contributed by atoms with Gasteiger partial charge < -0.3 is 15.3 Å². The molecule has 0 aromatic carbocycles. The Balaban J connectivity index is 2.94. The molecule has 1 saturated heterocycles. The smallest absolute Gasteiger partial charge is 0.320 e. The van der Waals surface area contributed by atoms with Crippen LogP contribution >= 0.6 is 0 Å². The van der Waals surface area contributed by atoms with E-state index in [1.54, 1.807) is 35.5 Å². The van der Waals surface area contributed by atoms with Gasteiger partial charge >= 0.3 is 17.9 Å². The first kappa shape index (κ1) is 21.3. The molecule has 0 aromatic heterocycles. The molecule has 0 spiro atoms. The Kier molecular flexibility index (Phi) is 8.27. The van der Waals surface area contributed by atoms with Gasteiger partial charge in [-0.3, -0.25) is 29.1 Å². The molecule has 3 unspecified atom stereocenters. The number of hydrogen-bond donors (Lipinski definition) is 3. The summed E-state index contributed by atoms with van der Waals surface area (Å²) in [6, 6.07) is -2.07. The van der Waals surface area contributed by atoms with Gasteiger partial charge in [0.25, 0.3) is 0 Å². The second-order valence-corrected chi connectivity index (χ2v) is 6.50. The van der Waals surface area contributed by atoms with Gasteiger partial charge in [-0.25, -0.2) is 0 Å². The van der Waals surface area contributed by atoms with E-state index in [1.807, 2.05) is 0 Å². The molecule has 1 aliphatic heterocycles. The number of carbonyl (C=O) groups is 3. The third kappa shape index (κ3) is 6.26. The Labute approximate surface area is 147 Å². The van der Waals surface area contributed by atoms with Crippen LogP contribution in [0.1, 0.15) is 27.2 Å². The second kappa shape index (κ2) is 9.69. The zero-order valence-electron chi connectivity index (χ0n) is 15.1. The van der Waals surface area contributed by atoms with Crippen molar-refractivity contribution >= 4 is 17.9 Å². The van der Waals surface area contributed by atoms with Crippen molar-refractivity contribution in [3.8, 4) is 0 Å². The molecule has 3 atom stereocenters. The molecule has 0 radical (unpaired) electrons. The summed E-state index contributed by atoms with van der Waals surface area (Å²) in [6.07, 6.45) is 0.656. The van der Waals surface area contributed by atoms with Gasteiger partial charge in [0.15, 0.2) is 0 Å². The van der Waals surface area contributed by atoms with Crippen molar-refractivity contribution < 1.29 is 29.7 Å². The summed E-state index contributed by atoms with van der Waals surface area (Å²) in [7, 11) is 0. The highest BCUT2D eigenvalue weighted by Crippen LogP contribution is 2.10. The highest BCUT2D eigenvalue weighted by atomic mass is 16.4. The average molecular weight is 359 g/mol. The quantitative estimate of drug-likeness (QED) is 0.587. The molecule has 9 nitrogen and oxygen atoms in total. The topological polar surface area (TPSA) is 122 Å². The first-order valence-corrected chi connectivity index (χ1v) is 8.55. The Bertz CT molecular complexity index is 454. The van der Waals surface area contributed by atoms with E-state index in [4.69, 9.17) is 0 Å². The van der Waals surface area contributed by atoms with Crippen molar-refractivity contribution in [2.45, 2.75) is 45.3 Å². The predicted molar refractivity (Wildman–Crippen MR) is 90.6 cm³/mol. The number of aliphatic carboxylic acids is 3. The van der Waals surface area contributed by atoms with Crippen LogP contribution < -0.4 is 0 Å². The van der Waals surface area contributed by atoms with Crippen LogP contribution in [0.15, 0.2) is 0 Å². The van der Waals surface area contributed by atoms with Crippen LogP contribution in [-0.2, 0) is 14.4 Å². The zero-order valence-corrected chi connectivity index (χ0v) is 15.1. The summed E-state index contributed by atoms with van der Waals surface area (Å²) in [5.41, 5.74) is 0. The lowest BCUT2D eigenvalue weighted by molar-refractivity contribution is -0.146. The third-order valence-corrected chi connectivity index (χ3v) is 4.95. The third-order valence-electron chi connectivity index (χ3n) is 4.95. The Hall–Kier alpha value is -1.71. The second-order valence-electron chi connectivity index (χ2n) is 6.50. The SMILES string of the molecule is CC(C(=O)O)N1CCCN(C(C)C(=O)O)CCN(C(C)C(=O)O)CC1. The van der Waals surface area contributed by atoms with Gasteiger partial charge in [0.2, 0.25) is 0 Å². The van der Waals surface area contributed by atoms with E-state index < -0.39 is 36.0 Å². The van der Waals surface area contributed by atoms with Crippen LogP contribution in [0.3, 0.4) is 0 Å². The fourth-order valence-corrected chi connectivity index (χ4v) is 2.96. The number of hydrogen-bond acceptors (Lipinski definition) is 6. The normalized spacial score (nSPS) is 22.7. The van der Waals surface area contributed by atoms with Gasteiger partial charge in [-0.05, 0) is 27.2 Å². The fourth-order valence-electron chi connectivity index (χ4n) is 2.96. The minimum absolute atomic E-state index is 0.417. The van der Waals surface area contributed by atoms with E-state index in [0.29, 0.717) is 45.7 Å². The van der Waals surface area contributed by atoms with Gasteiger partial charge in [-0.2, -0.15) is 0 Å². The van der Waals surface area contributed by atoms with Gasteiger partial charge in [-0.15, -0.1) is 0 Å². The van der Waals surface area contributed by atoms with Crippen molar-refractivity contribution in [3.63, 3.8) is 0 Å². The lowest BCUT2D eigenvalue weighted by Gasteiger charge is -2.36. The molecule has 0 aromatic rings. The lowest BCUT2D eigenvalue weighted by Crippen LogP contribution is -2.52. The zero-order chi connectivity index (χ0) is 19.1. The molecule has 1 aliphatic rings. The molecule has 0 bridgehead atoms. The van der Waals surface area contributed by atoms with Crippen LogP contribution in [-0.4, -0.2) is 105 Å². The van der Waals surface area contributed by atoms with E-state index in [-0.39, 0.29) is 0 Å².